The van der Waals surface area contributed by atoms with E-state index in [1.54, 1.807) is 38.3 Å². The number of urea groups is 1. The standard InChI is InChI=1S/C22H23N5O4S/c1-22(15-8-4-3-5-9-15)19(29)27(20(30)24-22)25-18(28)14-32-21-23-16-10-6-7-11-17(16)26(21)12-13-31-2/h3-11H,12-14H2,1-2H3,(H,24,30)(H,25,28)/t22-/m1/s1. The van der Waals surface area contributed by atoms with Gasteiger partial charge < -0.3 is 14.6 Å². The Balaban J connectivity index is 1.45. The number of imide groups is 1. The van der Waals surface area contributed by atoms with Gasteiger partial charge in [-0.15, -0.1) is 0 Å². The van der Waals surface area contributed by atoms with E-state index < -0.39 is 23.4 Å². The highest BCUT2D eigenvalue weighted by Crippen LogP contribution is 2.28. The lowest BCUT2D eigenvalue weighted by molar-refractivity contribution is -0.138. The summed E-state index contributed by atoms with van der Waals surface area (Å²) in [6.45, 7) is 2.70. The minimum atomic E-state index is -1.24. The van der Waals surface area contributed by atoms with Gasteiger partial charge in [-0.3, -0.25) is 15.0 Å². The van der Waals surface area contributed by atoms with E-state index in [-0.39, 0.29) is 5.75 Å². The van der Waals surface area contributed by atoms with Crippen molar-refractivity contribution in [1.29, 1.82) is 0 Å². The van der Waals surface area contributed by atoms with Crippen molar-refractivity contribution in [2.24, 2.45) is 0 Å². The molecule has 32 heavy (non-hydrogen) atoms. The van der Waals surface area contributed by atoms with E-state index in [9.17, 15) is 14.4 Å². The van der Waals surface area contributed by atoms with E-state index in [4.69, 9.17) is 4.74 Å². The van der Waals surface area contributed by atoms with Crippen LogP contribution in [0.4, 0.5) is 4.79 Å². The van der Waals surface area contributed by atoms with Crippen LogP contribution in [0.3, 0.4) is 0 Å². The van der Waals surface area contributed by atoms with Gasteiger partial charge in [0.25, 0.3) is 5.91 Å². The number of ether oxygens (including phenoxy) is 1. The zero-order valence-electron chi connectivity index (χ0n) is 17.7. The summed E-state index contributed by atoms with van der Waals surface area (Å²) in [5, 5.41) is 4.06. The van der Waals surface area contributed by atoms with Gasteiger partial charge in [0.1, 0.15) is 5.54 Å². The normalized spacial score (nSPS) is 18.2. The van der Waals surface area contributed by atoms with Gasteiger partial charge in [0.2, 0.25) is 5.91 Å². The monoisotopic (exact) mass is 453 g/mol. The van der Waals surface area contributed by atoms with Gasteiger partial charge in [-0.25, -0.2) is 9.78 Å². The van der Waals surface area contributed by atoms with E-state index in [0.29, 0.717) is 23.9 Å². The Hall–Kier alpha value is -3.37. The summed E-state index contributed by atoms with van der Waals surface area (Å²) in [4.78, 5) is 42.5. The van der Waals surface area contributed by atoms with Crippen LogP contribution in [-0.4, -0.2) is 51.9 Å². The van der Waals surface area contributed by atoms with Gasteiger partial charge >= 0.3 is 6.03 Å². The van der Waals surface area contributed by atoms with Crippen molar-refractivity contribution >= 4 is 40.6 Å². The van der Waals surface area contributed by atoms with Crippen LogP contribution < -0.4 is 10.7 Å². The van der Waals surface area contributed by atoms with E-state index in [1.165, 1.54) is 11.8 Å². The number of benzene rings is 2. The molecule has 166 valence electrons. The van der Waals surface area contributed by atoms with E-state index >= 15 is 0 Å². The largest absolute Gasteiger partial charge is 0.383 e. The van der Waals surface area contributed by atoms with Crippen LogP contribution in [0.1, 0.15) is 12.5 Å². The maximum atomic E-state index is 12.9. The number of hydrogen-bond acceptors (Lipinski definition) is 6. The third-order valence-corrected chi connectivity index (χ3v) is 6.23. The van der Waals surface area contributed by atoms with E-state index in [2.05, 4.69) is 15.7 Å². The fraction of sp³-hybridized carbons (Fsp3) is 0.273. The Morgan fingerprint density at radius 2 is 1.88 bits per heavy atom. The summed E-state index contributed by atoms with van der Waals surface area (Å²) in [5.74, 6) is -1.05. The van der Waals surface area contributed by atoms with Crippen LogP contribution in [0.2, 0.25) is 0 Å². The Kier molecular flexibility index (Phi) is 6.15. The first kappa shape index (κ1) is 21.8. The lowest BCUT2D eigenvalue weighted by Crippen LogP contribution is -2.48. The lowest BCUT2D eigenvalue weighted by atomic mass is 9.92. The molecule has 1 aliphatic rings. The van der Waals surface area contributed by atoms with Gasteiger partial charge in [-0.2, -0.15) is 5.01 Å². The number of fused-ring (bicyclic) bond motifs is 1. The Labute approximate surface area is 189 Å². The molecule has 2 heterocycles. The quantitative estimate of drug-likeness (QED) is 0.400. The van der Waals surface area contributed by atoms with Crippen molar-refractivity contribution < 1.29 is 19.1 Å². The van der Waals surface area contributed by atoms with Crippen molar-refractivity contribution in [3.63, 3.8) is 0 Å². The van der Waals surface area contributed by atoms with Crippen LogP contribution in [-0.2, 0) is 26.4 Å². The highest BCUT2D eigenvalue weighted by Gasteiger charge is 2.49. The van der Waals surface area contributed by atoms with Crippen LogP contribution in [0.15, 0.2) is 59.8 Å². The molecule has 4 rings (SSSR count). The van der Waals surface area contributed by atoms with Crippen LogP contribution in [0.5, 0.6) is 0 Å². The second-order valence-corrected chi connectivity index (χ2v) is 8.36. The molecule has 3 aromatic rings. The number of imidazole rings is 1. The van der Waals surface area contributed by atoms with Crippen LogP contribution in [0, 0.1) is 0 Å². The van der Waals surface area contributed by atoms with Gasteiger partial charge in [-0.05, 0) is 24.6 Å². The molecule has 0 radical (unpaired) electrons. The zero-order chi connectivity index (χ0) is 22.7. The maximum Gasteiger partial charge on any atom is 0.344 e. The first-order valence-electron chi connectivity index (χ1n) is 10.0. The summed E-state index contributed by atoms with van der Waals surface area (Å²) in [5.41, 5.74) is 3.58. The average molecular weight is 454 g/mol. The van der Waals surface area contributed by atoms with Gasteiger partial charge in [0, 0.05) is 13.7 Å². The highest BCUT2D eigenvalue weighted by atomic mass is 32.2. The molecule has 1 saturated heterocycles. The number of nitrogens with one attached hydrogen (secondary N) is 2. The molecule has 1 aliphatic heterocycles. The third-order valence-electron chi connectivity index (χ3n) is 5.25. The van der Waals surface area contributed by atoms with Gasteiger partial charge in [0.05, 0.1) is 23.4 Å². The highest BCUT2D eigenvalue weighted by molar-refractivity contribution is 7.99. The van der Waals surface area contributed by atoms with Crippen molar-refractivity contribution in [1.82, 2.24) is 25.3 Å². The molecule has 0 saturated carbocycles. The topological polar surface area (TPSA) is 106 Å². The predicted octanol–water partition coefficient (Wildman–Crippen LogP) is 2.27. The van der Waals surface area contributed by atoms with E-state index in [0.717, 1.165) is 16.0 Å². The van der Waals surface area contributed by atoms with Crippen LogP contribution >= 0.6 is 11.8 Å². The molecule has 1 aromatic heterocycles. The van der Waals surface area contributed by atoms with Crippen molar-refractivity contribution in [3.8, 4) is 0 Å². The first-order chi connectivity index (χ1) is 15.4. The van der Waals surface area contributed by atoms with Crippen molar-refractivity contribution in [3.05, 3.63) is 60.2 Å². The summed E-state index contributed by atoms with van der Waals surface area (Å²) in [7, 11) is 1.63. The summed E-state index contributed by atoms with van der Waals surface area (Å²) in [6.07, 6.45) is 0. The van der Waals surface area contributed by atoms with Gasteiger partial charge in [0.15, 0.2) is 5.16 Å². The molecular weight excluding hydrogens is 430 g/mol. The third kappa shape index (κ3) is 4.06. The molecule has 0 spiro atoms. The molecule has 4 amide bonds. The van der Waals surface area contributed by atoms with Crippen molar-refractivity contribution in [2.45, 2.75) is 24.2 Å². The predicted molar refractivity (Wildman–Crippen MR) is 120 cm³/mol. The second kappa shape index (κ2) is 9.01. The van der Waals surface area contributed by atoms with Gasteiger partial charge in [-0.1, -0.05) is 54.2 Å². The SMILES string of the molecule is COCCn1c(SCC(=O)NN2C(=O)N[C@](C)(c3ccccc3)C2=O)nc2ccccc21. The number of para-hydroxylation sites is 2. The number of rotatable bonds is 8. The molecule has 1 atom stereocenters. The maximum absolute atomic E-state index is 12.9. The Morgan fingerprint density at radius 1 is 1.16 bits per heavy atom. The minimum Gasteiger partial charge on any atom is -0.383 e. The second-order valence-electron chi connectivity index (χ2n) is 7.41. The summed E-state index contributed by atoms with van der Waals surface area (Å²) in [6, 6.07) is 15.9. The molecule has 0 unspecified atom stereocenters. The number of methoxy groups -OCH3 is 1. The summed E-state index contributed by atoms with van der Waals surface area (Å²) >= 11 is 1.23. The van der Waals surface area contributed by atoms with Crippen molar-refractivity contribution in [2.75, 3.05) is 19.5 Å². The fourth-order valence-electron chi connectivity index (χ4n) is 3.56. The number of aromatic nitrogens is 2. The fourth-order valence-corrected chi connectivity index (χ4v) is 4.39. The smallest absolute Gasteiger partial charge is 0.344 e. The Bertz CT molecular complexity index is 1170. The number of nitrogens with zero attached hydrogens (tertiary/aromatic N) is 3. The summed E-state index contributed by atoms with van der Waals surface area (Å²) < 4.78 is 7.17. The molecule has 2 N–H and O–H groups in total. The number of hydrogen-bond donors (Lipinski definition) is 2. The number of amides is 4. The molecular formula is C22H23N5O4S. The van der Waals surface area contributed by atoms with Crippen LogP contribution in [0.25, 0.3) is 11.0 Å². The zero-order valence-corrected chi connectivity index (χ0v) is 18.5. The molecule has 9 nitrogen and oxygen atoms in total. The number of hydrazine groups is 1. The molecule has 10 heteroatoms. The lowest BCUT2D eigenvalue weighted by Gasteiger charge is -2.22. The number of carbonyl (C=O) groups is 3. The number of carbonyl (C=O) groups excluding carboxylic acids is 3. The molecule has 2 aromatic carbocycles. The first-order valence-corrected chi connectivity index (χ1v) is 11.0. The Morgan fingerprint density at radius 3 is 2.62 bits per heavy atom. The average Bonchev–Trinajstić information content (AvgIpc) is 3.27. The number of thioether (sulfide) groups is 1. The minimum absolute atomic E-state index is 0.0184. The van der Waals surface area contributed by atoms with E-state index in [1.807, 2.05) is 34.9 Å². The molecule has 0 bridgehead atoms. The molecule has 1 fully saturated rings. The molecule has 0 aliphatic carbocycles.